The molecule has 0 aliphatic heterocycles. The van der Waals surface area contributed by atoms with E-state index in [-0.39, 0.29) is 22.6 Å². The molecular weight excluding hydrogens is 905 g/mol. The summed E-state index contributed by atoms with van der Waals surface area (Å²) < 4.78 is 34.6. The van der Waals surface area contributed by atoms with Gasteiger partial charge in [-0.3, -0.25) is 0 Å². The number of hydrogen-bond acceptors (Lipinski definition) is 10. The minimum Gasteiger partial charge on any atom is -0.494 e. The third-order valence-corrected chi connectivity index (χ3v) is 12.1. The molecule has 0 N–H and O–H groups in total. The lowest BCUT2D eigenvalue weighted by Crippen LogP contribution is -2.12. The van der Waals surface area contributed by atoms with Crippen molar-refractivity contribution in [2.24, 2.45) is 0 Å². The van der Waals surface area contributed by atoms with Gasteiger partial charge in [-0.2, -0.15) is 0 Å². The van der Waals surface area contributed by atoms with Gasteiger partial charge in [0.25, 0.3) is 0 Å². The van der Waals surface area contributed by atoms with Crippen LogP contribution in [0.1, 0.15) is 148 Å². The van der Waals surface area contributed by atoms with Gasteiger partial charge in [-0.15, -0.1) is 0 Å². The largest absolute Gasteiger partial charge is 0.494 e. The number of aryl methyl sites for hydroxylation is 2. The summed E-state index contributed by atoms with van der Waals surface area (Å²) in [5, 5.41) is 1.51. The number of unbranched alkanes of at least 4 members (excludes halogenated alkanes) is 10. The van der Waals surface area contributed by atoms with Crippen molar-refractivity contribution in [3.8, 4) is 34.5 Å². The predicted octanol–water partition coefficient (Wildman–Crippen LogP) is 15.4. The normalized spacial score (nSPS) is 11.5. The van der Waals surface area contributed by atoms with E-state index < -0.39 is 23.9 Å². The summed E-state index contributed by atoms with van der Waals surface area (Å²) in [6.07, 6.45) is 18.0. The molecule has 0 aliphatic carbocycles. The van der Waals surface area contributed by atoms with Crippen LogP contribution in [0.5, 0.6) is 34.5 Å². The summed E-state index contributed by atoms with van der Waals surface area (Å²) in [5.74, 6) is 0.600. The highest BCUT2D eigenvalue weighted by Crippen LogP contribution is 2.29. The molecule has 10 heteroatoms. The maximum absolute atomic E-state index is 13.3. The molecule has 72 heavy (non-hydrogen) atoms. The zero-order valence-electron chi connectivity index (χ0n) is 42.7. The average Bonchev–Trinajstić information content (AvgIpc) is 3.37. The van der Waals surface area contributed by atoms with E-state index in [4.69, 9.17) is 28.4 Å². The van der Waals surface area contributed by atoms with Crippen molar-refractivity contribution in [1.82, 2.24) is 0 Å². The van der Waals surface area contributed by atoms with Gasteiger partial charge < -0.3 is 28.4 Å². The minimum absolute atomic E-state index is 0.273. The van der Waals surface area contributed by atoms with E-state index in [0.717, 1.165) is 40.9 Å². The van der Waals surface area contributed by atoms with Crippen molar-refractivity contribution in [2.75, 3.05) is 13.2 Å². The number of carbonyl (C=O) groups excluding carboxylic acids is 4. The molecule has 0 aromatic heterocycles. The second-order valence-corrected chi connectivity index (χ2v) is 18.2. The Labute approximate surface area is 425 Å². The Bertz CT molecular complexity index is 2650. The van der Waals surface area contributed by atoms with Gasteiger partial charge >= 0.3 is 23.9 Å². The van der Waals surface area contributed by atoms with E-state index >= 15 is 0 Å². The van der Waals surface area contributed by atoms with E-state index in [1.165, 1.54) is 64.2 Å². The van der Waals surface area contributed by atoms with E-state index in [0.29, 0.717) is 52.4 Å². The van der Waals surface area contributed by atoms with Crippen LogP contribution in [0.25, 0.3) is 22.9 Å². The van der Waals surface area contributed by atoms with Crippen LogP contribution in [0.2, 0.25) is 0 Å². The fourth-order valence-corrected chi connectivity index (χ4v) is 7.89. The lowest BCUT2D eigenvalue weighted by molar-refractivity contribution is -0.130. The van der Waals surface area contributed by atoms with E-state index in [1.54, 1.807) is 113 Å². The number of rotatable bonds is 26. The zero-order valence-corrected chi connectivity index (χ0v) is 42.7. The second kappa shape index (κ2) is 27.8. The zero-order chi connectivity index (χ0) is 51.2. The van der Waals surface area contributed by atoms with Gasteiger partial charge in [-0.05, 0) is 171 Å². The molecule has 0 radical (unpaired) electrons. The number of hydrogen-bond donors (Lipinski definition) is 0. The van der Waals surface area contributed by atoms with E-state index in [2.05, 4.69) is 13.8 Å². The van der Waals surface area contributed by atoms with Crippen molar-refractivity contribution in [1.29, 1.82) is 0 Å². The first-order valence-electron chi connectivity index (χ1n) is 25.3. The quantitative estimate of drug-likeness (QED) is 0.0225. The third-order valence-electron chi connectivity index (χ3n) is 12.1. The van der Waals surface area contributed by atoms with Crippen LogP contribution >= 0.6 is 0 Å². The van der Waals surface area contributed by atoms with Crippen LogP contribution in [0.3, 0.4) is 0 Å². The standard InChI is InChI=1S/C62H68O10/c1-7-9-11-13-15-17-35-67-53-27-19-47(20-28-53)37-45(5)59(63)71-57-33-25-50(39-43(57)3)61(65)69-55-31-23-49-24-32-56(42-52(49)41-55)70-62(66)51-26-34-58(44(4)40-51)72-60(64)46(6)38-48-21-29-54(30-22-48)68-36-18-16-14-12-10-8-2/h19-34,37-42H,7-18,35-36H2,1-6H3/b45-37+,46-38+. The molecule has 0 heterocycles. The molecule has 0 amide bonds. The maximum atomic E-state index is 13.3. The van der Waals surface area contributed by atoms with Crippen LogP contribution in [-0.4, -0.2) is 37.1 Å². The predicted molar refractivity (Wildman–Crippen MR) is 285 cm³/mol. The highest BCUT2D eigenvalue weighted by molar-refractivity contribution is 5.97. The smallest absolute Gasteiger partial charge is 0.343 e. The molecule has 0 spiro atoms. The van der Waals surface area contributed by atoms with Gasteiger partial charge in [0.2, 0.25) is 0 Å². The minimum atomic E-state index is -0.599. The first kappa shape index (κ1) is 53.9. The van der Waals surface area contributed by atoms with Crippen molar-refractivity contribution in [3.05, 3.63) is 166 Å². The summed E-state index contributed by atoms with van der Waals surface area (Å²) in [7, 11) is 0. The van der Waals surface area contributed by atoms with Gasteiger partial charge in [0.1, 0.15) is 34.5 Å². The molecule has 0 bridgehead atoms. The fraction of sp³-hybridized carbons (Fsp3) is 0.323. The SMILES string of the molecule is CCCCCCCCOc1ccc(/C=C(\C)C(=O)Oc2ccc(C(=O)Oc3ccc4ccc(OC(=O)c5ccc(OC(=O)/C(C)=C/c6ccc(OCCCCCCCC)cc6)c(C)c5)cc4c3)cc2C)cc1. The Hall–Kier alpha value is -7.46. The van der Waals surface area contributed by atoms with Gasteiger partial charge in [-0.1, -0.05) is 114 Å². The molecule has 0 unspecified atom stereocenters. The summed E-state index contributed by atoms with van der Waals surface area (Å²) >= 11 is 0. The lowest BCUT2D eigenvalue weighted by atomic mass is 10.1. The molecule has 6 aromatic carbocycles. The Morgan fingerprint density at radius 1 is 0.403 bits per heavy atom. The molecule has 376 valence electrons. The van der Waals surface area contributed by atoms with Crippen LogP contribution < -0.4 is 28.4 Å². The first-order valence-corrected chi connectivity index (χ1v) is 25.3. The number of benzene rings is 6. The van der Waals surface area contributed by atoms with Gasteiger partial charge in [0, 0.05) is 11.1 Å². The van der Waals surface area contributed by atoms with Crippen LogP contribution in [-0.2, 0) is 9.59 Å². The first-order chi connectivity index (χ1) is 34.9. The highest BCUT2D eigenvalue weighted by atomic mass is 16.5. The van der Waals surface area contributed by atoms with Crippen molar-refractivity contribution >= 4 is 46.8 Å². The third kappa shape index (κ3) is 16.9. The molecule has 6 aromatic rings. The topological polar surface area (TPSA) is 124 Å². The lowest BCUT2D eigenvalue weighted by Gasteiger charge is -2.11. The highest BCUT2D eigenvalue weighted by Gasteiger charge is 2.17. The van der Waals surface area contributed by atoms with Crippen molar-refractivity contribution in [2.45, 2.75) is 119 Å². The number of ether oxygens (including phenoxy) is 6. The Morgan fingerprint density at radius 3 is 1.17 bits per heavy atom. The van der Waals surface area contributed by atoms with Gasteiger partial charge in [0.15, 0.2) is 0 Å². The van der Waals surface area contributed by atoms with Crippen molar-refractivity contribution < 1.29 is 47.6 Å². The number of carbonyl (C=O) groups is 4. The summed E-state index contributed by atoms with van der Waals surface area (Å²) in [5.41, 5.74) is 4.23. The van der Waals surface area contributed by atoms with Crippen molar-refractivity contribution in [3.63, 3.8) is 0 Å². The summed E-state index contributed by atoms with van der Waals surface area (Å²) in [6.45, 7) is 12.7. The number of fused-ring (bicyclic) bond motifs is 1. The monoisotopic (exact) mass is 972 g/mol. The Kier molecular flexibility index (Phi) is 20.8. The van der Waals surface area contributed by atoms with Crippen LogP contribution in [0.4, 0.5) is 0 Å². The molecular formula is C62H68O10. The fourth-order valence-electron chi connectivity index (χ4n) is 7.89. The van der Waals surface area contributed by atoms with E-state index in [9.17, 15) is 19.2 Å². The van der Waals surface area contributed by atoms with Crippen LogP contribution in [0, 0.1) is 13.8 Å². The molecule has 6 rings (SSSR count). The maximum Gasteiger partial charge on any atom is 0.343 e. The van der Waals surface area contributed by atoms with Gasteiger partial charge in [0.05, 0.1) is 24.3 Å². The Morgan fingerprint density at radius 2 is 0.778 bits per heavy atom. The molecule has 0 aliphatic rings. The second-order valence-electron chi connectivity index (χ2n) is 18.2. The van der Waals surface area contributed by atoms with Crippen LogP contribution in [0.15, 0.2) is 132 Å². The molecule has 0 fully saturated rings. The average molecular weight is 973 g/mol. The summed E-state index contributed by atoms with van der Waals surface area (Å²) in [6, 6.07) is 35.0. The molecule has 0 atom stereocenters. The Balaban J connectivity index is 0.975. The number of esters is 4. The van der Waals surface area contributed by atoms with Gasteiger partial charge in [-0.25, -0.2) is 19.2 Å². The molecule has 10 nitrogen and oxygen atoms in total. The van der Waals surface area contributed by atoms with E-state index in [1.807, 2.05) is 48.5 Å². The molecule has 0 saturated heterocycles. The summed E-state index contributed by atoms with van der Waals surface area (Å²) in [4.78, 5) is 52.7. The molecule has 0 saturated carbocycles.